The van der Waals surface area contributed by atoms with Crippen molar-refractivity contribution >= 4 is 5.91 Å². The Morgan fingerprint density at radius 3 is 2.40 bits per heavy atom. The second kappa shape index (κ2) is 7.78. The number of hydrogen-bond donors (Lipinski definition) is 0. The first-order chi connectivity index (χ1) is 9.39. The van der Waals surface area contributed by atoms with Gasteiger partial charge in [0.2, 0.25) is 0 Å². The van der Waals surface area contributed by atoms with Crippen LogP contribution in [0.2, 0.25) is 0 Å². The van der Waals surface area contributed by atoms with Crippen molar-refractivity contribution in [3.8, 4) is 0 Å². The number of ether oxygens (including phenoxy) is 2. The van der Waals surface area contributed by atoms with Gasteiger partial charge < -0.3 is 14.4 Å². The highest BCUT2D eigenvalue weighted by Crippen LogP contribution is 2.27. The SMILES string of the molecule is CCOCCOC1CCN(C(=O)C(F)(F)C(F)F)CC1. The van der Waals surface area contributed by atoms with Crippen LogP contribution >= 0.6 is 0 Å². The lowest BCUT2D eigenvalue weighted by atomic mass is 10.1. The molecule has 0 aromatic heterocycles. The molecule has 0 spiro atoms. The van der Waals surface area contributed by atoms with E-state index >= 15 is 0 Å². The summed E-state index contributed by atoms with van der Waals surface area (Å²) in [6, 6.07) is 0. The van der Waals surface area contributed by atoms with E-state index in [4.69, 9.17) is 9.47 Å². The van der Waals surface area contributed by atoms with Crippen molar-refractivity contribution in [1.82, 2.24) is 4.90 Å². The van der Waals surface area contributed by atoms with Gasteiger partial charge in [-0.25, -0.2) is 8.78 Å². The average molecular weight is 301 g/mol. The van der Waals surface area contributed by atoms with Gasteiger partial charge in [-0.1, -0.05) is 0 Å². The molecule has 0 radical (unpaired) electrons. The minimum atomic E-state index is -4.61. The summed E-state index contributed by atoms with van der Waals surface area (Å²) in [4.78, 5) is 12.1. The van der Waals surface area contributed by atoms with Gasteiger partial charge >= 0.3 is 12.3 Å². The number of alkyl halides is 4. The fourth-order valence-corrected chi connectivity index (χ4v) is 1.95. The molecule has 118 valence electrons. The molecule has 0 N–H and O–H groups in total. The Morgan fingerprint density at radius 1 is 1.30 bits per heavy atom. The van der Waals surface area contributed by atoms with Crippen LogP contribution in [0.25, 0.3) is 0 Å². The summed E-state index contributed by atoms with van der Waals surface area (Å²) in [6.45, 7) is 3.27. The van der Waals surface area contributed by atoms with Crippen molar-refractivity contribution in [3.05, 3.63) is 0 Å². The number of likely N-dealkylation sites (tertiary alicyclic amines) is 1. The van der Waals surface area contributed by atoms with Crippen LogP contribution in [-0.2, 0) is 14.3 Å². The Kier molecular flexibility index (Phi) is 6.67. The summed E-state index contributed by atoms with van der Waals surface area (Å²) >= 11 is 0. The molecule has 0 aromatic rings. The van der Waals surface area contributed by atoms with Gasteiger partial charge in [-0.3, -0.25) is 4.79 Å². The van der Waals surface area contributed by atoms with Gasteiger partial charge in [0.1, 0.15) is 0 Å². The lowest BCUT2D eigenvalue weighted by Crippen LogP contribution is -2.51. The quantitative estimate of drug-likeness (QED) is 0.533. The number of amides is 1. The Morgan fingerprint density at radius 2 is 1.90 bits per heavy atom. The van der Waals surface area contributed by atoms with Crippen LogP contribution in [0, 0.1) is 0 Å². The zero-order chi connectivity index (χ0) is 15.2. The molecule has 1 aliphatic heterocycles. The highest BCUT2D eigenvalue weighted by atomic mass is 19.3. The molecule has 1 rings (SSSR count). The predicted octanol–water partition coefficient (Wildman–Crippen LogP) is 1.93. The zero-order valence-electron chi connectivity index (χ0n) is 11.3. The van der Waals surface area contributed by atoms with Crippen LogP contribution < -0.4 is 0 Å². The van der Waals surface area contributed by atoms with Crippen LogP contribution in [-0.4, -0.2) is 62.2 Å². The highest BCUT2D eigenvalue weighted by Gasteiger charge is 2.51. The van der Waals surface area contributed by atoms with E-state index in [1.807, 2.05) is 6.92 Å². The third kappa shape index (κ3) is 4.59. The van der Waals surface area contributed by atoms with Crippen LogP contribution in [0.15, 0.2) is 0 Å². The largest absolute Gasteiger partial charge is 0.383 e. The molecule has 1 amide bonds. The summed E-state index contributed by atoms with van der Waals surface area (Å²) in [6.07, 6.45) is -3.41. The maximum absolute atomic E-state index is 12.9. The normalized spacial score (nSPS) is 17.8. The van der Waals surface area contributed by atoms with E-state index in [0.29, 0.717) is 32.7 Å². The molecule has 1 heterocycles. The van der Waals surface area contributed by atoms with Crippen molar-refractivity contribution < 1.29 is 31.8 Å². The average Bonchev–Trinajstić information content (AvgIpc) is 2.43. The number of carbonyl (C=O) groups is 1. The summed E-state index contributed by atoms with van der Waals surface area (Å²) < 4.78 is 60.6. The monoisotopic (exact) mass is 301 g/mol. The Balaban J connectivity index is 2.33. The lowest BCUT2D eigenvalue weighted by Gasteiger charge is -2.33. The van der Waals surface area contributed by atoms with Crippen molar-refractivity contribution in [1.29, 1.82) is 0 Å². The third-order valence-electron chi connectivity index (χ3n) is 3.07. The number of carbonyl (C=O) groups excluding carboxylic acids is 1. The minimum Gasteiger partial charge on any atom is -0.379 e. The second-order valence-electron chi connectivity index (χ2n) is 4.48. The molecule has 1 fully saturated rings. The van der Waals surface area contributed by atoms with E-state index in [1.165, 1.54) is 0 Å². The highest BCUT2D eigenvalue weighted by molar-refractivity contribution is 5.84. The summed E-state index contributed by atoms with van der Waals surface area (Å²) in [5.74, 6) is -6.41. The molecule has 0 saturated carbocycles. The fraction of sp³-hybridized carbons (Fsp3) is 0.917. The molecule has 0 aliphatic carbocycles. The molecular weight excluding hydrogens is 282 g/mol. The molecule has 0 bridgehead atoms. The second-order valence-corrected chi connectivity index (χ2v) is 4.48. The third-order valence-corrected chi connectivity index (χ3v) is 3.07. The molecule has 4 nitrogen and oxygen atoms in total. The summed E-state index contributed by atoms with van der Waals surface area (Å²) in [7, 11) is 0. The van der Waals surface area contributed by atoms with Crippen molar-refractivity contribution in [2.45, 2.75) is 38.2 Å². The standard InChI is InChI=1S/C12H19F4NO3/c1-2-19-7-8-20-9-3-5-17(6-4-9)11(18)12(15,16)10(13)14/h9-10H,2-8H2,1H3. The van der Waals surface area contributed by atoms with E-state index in [0.717, 1.165) is 4.90 Å². The van der Waals surface area contributed by atoms with Gasteiger partial charge in [0, 0.05) is 19.7 Å². The molecule has 0 unspecified atom stereocenters. The molecule has 1 saturated heterocycles. The molecule has 0 aromatic carbocycles. The van der Waals surface area contributed by atoms with Crippen molar-refractivity contribution in [2.75, 3.05) is 32.9 Å². The Labute approximate surface area is 115 Å². The van der Waals surface area contributed by atoms with Gasteiger partial charge in [0.25, 0.3) is 5.91 Å². The lowest BCUT2D eigenvalue weighted by molar-refractivity contribution is -0.182. The Bertz CT molecular complexity index is 307. The van der Waals surface area contributed by atoms with E-state index in [1.54, 1.807) is 0 Å². The fourth-order valence-electron chi connectivity index (χ4n) is 1.95. The van der Waals surface area contributed by atoms with Crippen LogP contribution in [0.4, 0.5) is 17.6 Å². The maximum atomic E-state index is 12.9. The van der Waals surface area contributed by atoms with Crippen LogP contribution in [0.5, 0.6) is 0 Å². The number of rotatable bonds is 7. The van der Waals surface area contributed by atoms with E-state index < -0.39 is 18.3 Å². The first kappa shape index (κ1) is 17.2. The maximum Gasteiger partial charge on any atom is 0.383 e. The number of nitrogens with zero attached hydrogens (tertiary/aromatic N) is 1. The van der Waals surface area contributed by atoms with E-state index in [9.17, 15) is 22.4 Å². The van der Waals surface area contributed by atoms with E-state index in [-0.39, 0.29) is 19.2 Å². The smallest absolute Gasteiger partial charge is 0.379 e. The zero-order valence-corrected chi connectivity index (χ0v) is 11.3. The van der Waals surface area contributed by atoms with Gasteiger partial charge in [0.15, 0.2) is 0 Å². The van der Waals surface area contributed by atoms with E-state index in [2.05, 4.69) is 0 Å². The topological polar surface area (TPSA) is 38.8 Å². The first-order valence-corrected chi connectivity index (χ1v) is 6.54. The molecule has 0 atom stereocenters. The number of halogens is 4. The van der Waals surface area contributed by atoms with Gasteiger partial charge in [0.05, 0.1) is 19.3 Å². The van der Waals surface area contributed by atoms with Gasteiger partial charge in [-0.2, -0.15) is 8.78 Å². The van der Waals surface area contributed by atoms with Gasteiger partial charge in [-0.15, -0.1) is 0 Å². The molecule has 1 aliphatic rings. The predicted molar refractivity (Wildman–Crippen MR) is 63.0 cm³/mol. The van der Waals surface area contributed by atoms with Crippen molar-refractivity contribution in [3.63, 3.8) is 0 Å². The van der Waals surface area contributed by atoms with Crippen molar-refractivity contribution in [2.24, 2.45) is 0 Å². The minimum absolute atomic E-state index is 0.000441. The number of hydrogen-bond acceptors (Lipinski definition) is 3. The molecule has 8 heteroatoms. The number of piperidine rings is 1. The summed E-state index contributed by atoms with van der Waals surface area (Å²) in [5, 5.41) is 0. The molecular formula is C12H19F4NO3. The Hall–Kier alpha value is -0.890. The molecule has 20 heavy (non-hydrogen) atoms. The summed E-state index contributed by atoms with van der Waals surface area (Å²) in [5.41, 5.74) is 0. The first-order valence-electron chi connectivity index (χ1n) is 6.54. The van der Waals surface area contributed by atoms with Crippen LogP contribution in [0.1, 0.15) is 19.8 Å². The van der Waals surface area contributed by atoms with Gasteiger partial charge in [-0.05, 0) is 19.8 Å². The van der Waals surface area contributed by atoms with Crippen LogP contribution in [0.3, 0.4) is 0 Å².